The lowest BCUT2D eigenvalue weighted by atomic mass is 10.0. The summed E-state index contributed by atoms with van der Waals surface area (Å²) in [5.41, 5.74) is 0.628. The fourth-order valence-electron chi connectivity index (χ4n) is 3.81. The SMILES string of the molecule is O=C1C(=O)N(CCCN2CCOCC2)[C@H](c2cccs2)/C1=C(\O)c1ccncc1. The van der Waals surface area contributed by atoms with Crippen molar-refractivity contribution in [1.82, 2.24) is 14.8 Å². The van der Waals surface area contributed by atoms with Gasteiger partial charge in [0.15, 0.2) is 0 Å². The lowest BCUT2D eigenvalue weighted by Crippen LogP contribution is -2.38. The van der Waals surface area contributed by atoms with E-state index in [2.05, 4.69) is 9.88 Å². The van der Waals surface area contributed by atoms with Crippen molar-refractivity contribution in [3.8, 4) is 0 Å². The second-order valence-electron chi connectivity index (χ2n) is 7.05. The minimum Gasteiger partial charge on any atom is -0.507 e. The minimum absolute atomic E-state index is 0.148. The highest BCUT2D eigenvalue weighted by Gasteiger charge is 2.46. The van der Waals surface area contributed by atoms with Gasteiger partial charge in [-0.15, -0.1) is 11.3 Å². The Balaban J connectivity index is 1.60. The van der Waals surface area contributed by atoms with Gasteiger partial charge >= 0.3 is 0 Å². The van der Waals surface area contributed by atoms with Crippen molar-refractivity contribution in [2.24, 2.45) is 0 Å². The van der Waals surface area contributed by atoms with E-state index in [9.17, 15) is 14.7 Å². The highest BCUT2D eigenvalue weighted by atomic mass is 32.1. The van der Waals surface area contributed by atoms with Gasteiger partial charge in [0.2, 0.25) is 0 Å². The number of Topliss-reactive ketones (excluding diaryl/α,β-unsaturated/α-hetero) is 1. The van der Waals surface area contributed by atoms with E-state index >= 15 is 0 Å². The monoisotopic (exact) mass is 413 g/mol. The van der Waals surface area contributed by atoms with Gasteiger partial charge in [0.1, 0.15) is 5.76 Å². The summed E-state index contributed by atoms with van der Waals surface area (Å²) in [5, 5.41) is 12.8. The Morgan fingerprint density at radius 1 is 1.17 bits per heavy atom. The molecule has 4 rings (SSSR count). The van der Waals surface area contributed by atoms with Crippen molar-refractivity contribution in [2.75, 3.05) is 39.4 Å². The molecule has 1 atom stereocenters. The van der Waals surface area contributed by atoms with Crippen LogP contribution in [-0.4, -0.2) is 71.0 Å². The number of aromatic nitrogens is 1. The van der Waals surface area contributed by atoms with Crippen LogP contribution in [0.2, 0.25) is 0 Å². The Labute approximate surface area is 173 Å². The standard InChI is InChI=1S/C21H23N3O4S/c25-19(15-4-6-22-7-5-15)17-18(16-3-1-14-29-16)24(21(27)20(17)26)9-2-8-23-10-12-28-13-11-23/h1,3-7,14,18,25H,2,8-13H2/b19-17+/t18-/m1/s1. The van der Waals surface area contributed by atoms with Crippen LogP contribution in [0.15, 0.2) is 47.6 Å². The number of morpholine rings is 1. The van der Waals surface area contributed by atoms with E-state index < -0.39 is 17.7 Å². The van der Waals surface area contributed by atoms with Crippen LogP contribution in [0, 0.1) is 0 Å². The Morgan fingerprint density at radius 2 is 1.93 bits per heavy atom. The van der Waals surface area contributed by atoms with Crippen LogP contribution >= 0.6 is 11.3 Å². The van der Waals surface area contributed by atoms with Gasteiger partial charge in [0.25, 0.3) is 11.7 Å². The van der Waals surface area contributed by atoms with Crippen molar-refractivity contribution < 1.29 is 19.4 Å². The molecule has 1 N–H and O–H groups in total. The fraction of sp³-hybridized carbons (Fsp3) is 0.381. The number of aliphatic hydroxyl groups excluding tert-OH is 1. The Bertz CT molecular complexity index is 892. The molecule has 8 heteroatoms. The van der Waals surface area contributed by atoms with Crippen molar-refractivity contribution in [3.63, 3.8) is 0 Å². The molecule has 2 aromatic rings. The van der Waals surface area contributed by atoms with Crippen molar-refractivity contribution in [1.29, 1.82) is 0 Å². The molecule has 1 amide bonds. The summed E-state index contributed by atoms with van der Waals surface area (Å²) in [6.45, 7) is 4.52. The maximum absolute atomic E-state index is 12.9. The third kappa shape index (κ3) is 4.10. The first kappa shape index (κ1) is 19.8. The van der Waals surface area contributed by atoms with E-state index in [1.165, 1.54) is 11.3 Å². The van der Waals surface area contributed by atoms with Gasteiger partial charge in [-0.1, -0.05) is 6.07 Å². The molecular weight excluding hydrogens is 390 g/mol. The highest BCUT2D eigenvalue weighted by Crippen LogP contribution is 2.40. The predicted octanol–water partition coefficient (Wildman–Crippen LogP) is 2.29. The summed E-state index contributed by atoms with van der Waals surface area (Å²) in [5.74, 6) is -1.34. The number of aliphatic hydroxyl groups is 1. The number of pyridine rings is 1. The maximum Gasteiger partial charge on any atom is 0.295 e. The first-order valence-electron chi connectivity index (χ1n) is 9.69. The Kier molecular flexibility index (Phi) is 6.03. The Morgan fingerprint density at radius 3 is 2.62 bits per heavy atom. The van der Waals surface area contributed by atoms with Crippen molar-refractivity contribution >= 4 is 28.8 Å². The molecule has 0 aliphatic carbocycles. The van der Waals surface area contributed by atoms with Gasteiger partial charge < -0.3 is 14.7 Å². The van der Waals surface area contributed by atoms with E-state index in [1.54, 1.807) is 29.4 Å². The zero-order chi connectivity index (χ0) is 20.2. The van der Waals surface area contributed by atoms with E-state index in [0.29, 0.717) is 12.1 Å². The lowest BCUT2D eigenvalue weighted by Gasteiger charge is -2.28. The largest absolute Gasteiger partial charge is 0.507 e. The van der Waals surface area contributed by atoms with Gasteiger partial charge in [0, 0.05) is 49.0 Å². The quantitative estimate of drug-likeness (QED) is 0.445. The molecule has 0 bridgehead atoms. The van der Waals surface area contributed by atoms with E-state index in [0.717, 1.165) is 44.1 Å². The average molecular weight is 413 g/mol. The van der Waals surface area contributed by atoms with Gasteiger partial charge in [-0.05, 0) is 30.0 Å². The summed E-state index contributed by atoms with van der Waals surface area (Å²) in [4.78, 5) is 34.4. The van der Waals surface area contributed by atoms with Gasteiger partial charge in [-0.25, -0.2) is 0 Å². The molecule has 2 aliphatic heterocycles. The second kappa shape index (κ2) is 8.86. The number of likely N-dealkylation sites (tertiary alicyclic amines) is 1. The normalized spacial score (nSPS) is 22.3. The Hall–Kier alpha value is -2.55. The third-order valence-electron chi connectivity index (χ3n) is 5.28. The van der Waals surface area contributed by atoms with Crippen LogP contribution in [0.5, 0.6) is 0 Å². The summed E-state index contributed by atoms with van der Waals surface area (Å²) < 4.78 is 5.37. The molecule has 0 saturated carbocycles. The third-order valence-corrected chi connectivity index (χ3v) is 6.21. The summed E-state index contributed by atoms with van der Waals surface area (Å²) in [6.07, 6.45) is 3.85. The molecule has 0 unspecified atom stereocenters. The fourth-order valence-corrected chi connectivity index (χ4v) is 4.65. The zero-order valence-corrected chi connectivity index (χ0v) is 16.8. The molecule has 2 fully saturated rings. The minimum atomic E-state index is -0.635. The molecule has 29 heavy (non-hydrogen) atoms. The van der Waals surface area contributed by atoms with E-state index in [-0.39, 0.29) is 11.3 Å². The average Bonchev–Trinajstić information content (AvgIpc) is 3.37. The molecule has 4 heterocycles. The lowest BCUT2D eigenvalue weighted by molar-refractivity contribution is -0.140. The molecule has 0 radical (unpaired) electrons. The van der Waals surface area contributed by atoms with Crippen LogP contribution in [0.4, 0.5) is 0 Å². The van der Waals surface area contributed by atoms with Crippen LogP contribution in [0.3, 0.4) is 0 Å². The summed E-state index contributed by atoms with van der Waals surface area (Å²) >= 11 is 1.48. The maximum atomic E-state index is 12.9. The molecule has 2 aliphatic rings. The van der Waals surface area contributed by atoms with Crippen LogP contribution < -0.4 is 0 Å². The molecule has 0 spiro atoms. The number of rotatable bonds is 6. The van der Waals surface area contributed by atoms with Crippen LogP contribution in [0.1, 0.15) is 22.9 Å². The summed E-state index contributed by atoms with van der Waals surface area (Å²) in [6, 6.07) is 6.49. The van der Waals surface area contributed by atoms with E-state index in [1.807, 2.05) is 17.5 Å². The number of thiophene rings is 1. The number of hydrogen-bond acceptors (Lipinski definition) is 7. The summed E-state index contributed by atoms with van der Waals surface area (Å²) in [7, 11) is 0. The van der Waals surface area contributed by atoms with Crippen LogP contribution in [-0.2, 0) is 14.3 Å². The molecular formula is C21H23N3O4S. The number of carbonyl (C=O) groups excluding carboxylic acids is 2. The van der Waals surface area contributed by atoms with Crippen LogP contribution in [0.25, 0.3) is 5.76 Å². The molecule has 152 valence electrons. The van der Waals surface area contributed by atoms with Gasteiger partial charge in [0.05, 0.1) is 24.8 Å². The molecule has 0 aromatic carbocycles. The first-order valence-corrected chi connectivity index (χ1v) is 10.6. The molecule has 2 saturated heterocycles. The van der Waals surface area contributed by atoms with Crippen molar-refractivity contribution in [2.45, 2.75) is 12.5 Å². The van der Waals surface area contributed by atoms with Crippen molar-refractivity contribution in [3.05, 3.63) is 58.1 Å². The molecule has 7 nitrogen and oxygen atoms in total. The topological polar surface area (TPSA) is 83.0 Å². The number of carbonyl (C=O) groups is 2. The number of amides is 1. The first-order chi connectivity index (χ1) is 14.2. The smallest absolute Gasteiger partial charge is 0.295 e. The van der Waals surface area contributed by atoms with Gasteiger partial charge in [-0.2, -0.15) is 0 Å². The molecule has 2 aromatic heterocycles. The highest BCUT2D eigenvalue weighted by molar-refractivity contribution is 7.10. The second-order valence-corrected chi connectivity index (χ2v) is 8.03. The zero-order valence-electron chi connectivity index (χ0n) is 16.0. The van der Waals surface area contributed by atoms with Gasteiger partial charge in [-0.3, -0.25) is 19.5 Å². The number of hydrogen-bond donors (Lipinski definition) is 1. The predicted molar refractivity (Wildman–Crippen MR) is 109 cm³/mol. The number of ether oxygens (including phenoxy) is 1. The number of ketones is 1. The van der Waals surface area contributed by atoms with E-state index in [4.69, 9.17) is 4.74 Å². The number of nitrogens with zero attached hydrogens (tertiary/aromatic N) is 3.